The Balaban J connectivity index is 1.67. The van der Waals surface area contributed by atoms with Crippen molar-refractivity contribution in [3.63, 3.8) is 0 Å². The number of hydrogen-bond donors (Lipinski definition) is 1. The Bertz CT molecular complexity index is 300. The van der Waals surface area contributed by atoms with Gasteiger partial charge in [0.2, 0.25) is 0 Å². The molecular formula is C13H21NO3. The SMILES string of the molecule is O=C(O)C1(CN2CC3CCC(C2)O3)CCCC1. The van der Waals surface area contributed by atoms with Gasteiger partial charge in [0.15, 0.2) is 0 Å². The van der Waals surface area contributed by atoms with Crippen LogP contribution in [0.5, 0.6) is 0 Å². The number of carboxylic acid groups (broad SMARTS) is 1. The maximum atomic E-state index is 11.5. The Morgan fingerprint density at radius 3 is 2.35 bits per heavy atom. The van der Waals surface area contributed by atoms with Gasteiger partial charge in [-0.2, -0.15) is 0 Å². The van der Waals surface area contributed by atoms with Gasteiger partial charge in [-0.15, -0.1) is 0 Å². The van der Waals surface area contributed by atoms with Gasteiger partial charge in [-0.05, 0) is 25.7 Å². The summed E-state index contributed by atoms with van der Waals surface area (Å²) in [5.74, 6) is -0.589. The van der Waals surface area contributed by atoms with E-state index in [0.717, 1.165) is 58.2 Å². The molecule has 0 aromatic carbocycles. The topological polar surface area (TPSA) is 49.8 Å². The maximum Gasteiger partial charge on any atom is 0.310 e. The van der Waals surface area contributed by atoms with E-state index in [-0.39, 0.29) is 0 Å². The van der Waals surface area contributed by atoms with Crippen LogP contribution in [0.2, 0.25) is 0 Å². The molecule has 2 bridgehead atoms. The van der Waals surface area contributed by atoms with Gasteiger partial charge in [0, 0.05) is 19.6 Å². The molecule has 2 unspecified atom stereocenters. The lowest BCUT2D eigenvalue weighted by Crippen LogP contribution is -2.49. The molecule has 2 saturated heterocycles. The molecule has 0 amide bonds. The monoisotopic (exact) mass is 239 g/mol. The molecule has 0 radical (unpaired) electrons. The van der Waals surface area contributed by atoms with Crippen LogP contribution in [0.25, 0.3) is 0 Å². The molecule has 17 heavy (non-hydrogen) atoms. The smallest absolute Gasteiger partial charge is 0.310 e. The van der Waals surface area contributed by atoms with E-state index in [1.54, 1.807) is 0 Å². The summed E-state index contributed by atoms with van der Waals surface area (Å²) in [4.78, 5) is 13.9. The van der Waals surface area contributed by atoms with Crippen LogP contribution >= 0.6 is 0 Å². The molecule has 0 aromatic heterocycles. The highest BCUT2D eigenvalue weighted by molar-refractivity contribution is 5.75. The molecule has 1 N–H and O–H groups in total. The van der Waals surface area contributed by atoms with Crippen LogP contribution < -0.4 is 0 Å². The summed E-state index contributed by atoms with van der Waals surface area (Å²) < 4.78 is 5.80. The van der Waals surface area contributed by atoms with E-state index in [4.69, 9.17) is 4.74 Å². The predicted molar refractivity (Wildman–Crippen MR) is 62.9 cm³/mol. The Kier molecular flexibility index (Phi) is 2.87. The van der Waals surface area contributed by atoms with Crippen LogP contribution in [0.3, 0.4) is 0 Å². The largest absolute Gasteiger partial charge is 0.481 e. The minimum Gasteiger partial charge on any atom is -0.481 e. The van der Waals surface area contributed by atoms with Gasteiger partial charge in [-0.1, -0.05) is 12.8 Å². The Morgan fingerprint density at radius 2 is 1.82 bits per heavy atom. The Labute approximate surface area is 102 Å². The number of aliphatic carboxylic acids is 1. The average Bonchev–Trinajstić information content (AvgIpc) is 2.87. The van der Waals surface area contributed by atoms with Crippen molar-refractivity contribution < 1.29 is 14.6 Å². The minimum atomic E-state index is -0.589. The fraction of sp³-hybridized carbons (Fsp3) is 0.923. The lowest BCUT2D eigenvalue weighted by Gasteiger charge is -2.37. The highest BCUT2D eigenvalue weighted by Gasteiger charge is 2.44. The fourth-order valence-electron chi connectivity index (χ4n) is 3.75. The molecule has 1 aliphatic carbocycles. The zero-order chi connectivity index (χ0) is 11.9. The molecule has 4 heteroatoms. The summed E-state index contributed by atoms with van der Waals surface area (Å²) >= 11 is 0. The number of rotatable bonds is 3. The van der Waals surface area contributed by atoms with E-state index in [1.807, 2.05) is 0 Å². The predicted octanol–water partition coefficient (Wildman–Crippen LogP) is 1.49. The van der Waals surface area contributed by atoms with Gasteiger partial charge >= 0.3 is 5.97 Å². The van der Waals surface area contributed by atoms with E-state index in [2.05, 4.69) is 4.90 Å². The van der Waals surface area contributed by atoms with Crippen LogP contribution in [0.4, 0.5) is 0 Å². The summed E-state index contributed by atoms with van der Waals surface area (Å²) in [5, 5.41) is 9.48. The highest BCUT2D eigenvalue weighted by Crippen LogP contribution is 2.40. The Morgan fingerprint density at radius 1 is 1.24 bits per heavy atom. The third-order valence-corrected chi connectivity index (χ3v) is 4.66. The van der Waals surface area contributed by atoms with Crippen LogP contribution in [0.1, 0.15) is 38.5 Å². The molecule has 2 heterocycles. The molecule has 4 nitrogen and oxygen atoms in total. The van der Waals surface area contributed by atoms with E-state index in [1.165, 1.54) is 0 Å². The molecule has 3 fully saturated rings. The number of carboxylic acids is 1. The number of likely N-dealkylation sites (tertiary alicyclic amines) is 1. The van der Waals surface area contributed by atoms with Crippen molar-refractivity contribution in [1.82, 2.24) is 4.90 Å². The number of fused-ring (bicyclic) bond motifs is 2. The van der Waals surface area contributed by atoms with E-state index in [9.17, 15) is 9.90 Å². The maximum absolute atomic E-state index is 11.5. The van der Waals surface area contributed by atoms with Gasteiger partial charge in [0.1, 0.15) is 0 Å². The van der Waals surface area contributed by atoms with Crippen molar-refractivity contribution in [3.05, 3.63) is 0 Å². The Hall–Kier alpha value is -0.610. The standard InChI is InChI=1S/C13H21NO3/c15-12(16)13(5-1-2-6-13)9-14-7-10-3-4-11(8-14)17-10/h10-11H,1-9H2,(H,15,16). The number of carbonyl (C=O) groups is 1. The van der Waals surface area contributed by atoms with Gasteiger partial charge < -0.3 is 9.84 Å². The zero-order valence-corrected chi connectivity index (χ0v) is 10.2. The minimum absolute atomic E-state index is 0.362. The molecular weight excluding hydrogens is 218 g/mol. The molecule has 0 spiro atoms. The summed E-state index contributed by atoms with van der Waals surface area (Å²) in [6.45, 7) is 2.61. The van der Waals surface area contributed by atoms with Crippen molar-refractivity contribution >= 4 is 5.97 Å². The van der Waals surface area contributed by atoms with Crippen LogP contribution in [0.15, 0.2) is 0 Å². The first kappa shape index (κ1) is 11.5. The van der Waals surface area contributed by atoms with Gasteiger partial charge in [-0.3, -0.25) is 9.69 Å². The zero-order valence-electron chi connectivity index (χ0n) is 10.2. The van der Waals surface area contributed by atoms with E-state index in [0.29, 0.717) is 12.2 Å². The quantitative estimate of drug-likeness (QED) is 0.810. The second-order valence-corrected chi connectivity index (χ2v) is 5.94. The van der Waals surface area contributed by atoms with Crippen molar-refractivity contribution in [1.29, 1.82) is 0 Å². The fourth-order valence-corrected chi connectivity index (χ4v) is 3.75. The molecule has 0 aromatic rings. The normalized spacial score (nSPS) is 36.2. The number of hydrogen-bond acceptors (Lipinski definition) is 3. The average molecular weight is 239 g/mol. The lowest BCUT2D eigenvalue weighted by atomic mass is 9.85. The summed E-state index contributed by atoms with van der Waals surface area (Å²) in [6, 6.07) is 0. The summed E-state index contributed by atoms with van der Waals surface area (Å²) in [7, 11) is 0. The number of nitrogens with zero attached hydrogens (tertiary/aromatic N) is 1. The van der Waals surface area contributed by atoms with Crippen LogP contribution in [-0.2, 0) is 9.53 Å². The van der Waals surface area contributed by atoms with Gasteiger partial charge in [-0.25, -0.2) is 0 Å². The third kappa shape index (κ3) is 2.08. The van der Waals surface area contributed by atoms with Gasteiger partial charge in [0.25, 0.3) is 0 Å². The molecule has 3 aliphatic rings. The second kappa shape index (κ2) is 4.25. The first-order valence-corrected chi connectivity index (χ1v) is 6.79. The van der Waals surface area contributed by atoms with Crippen LogP contribution in [-0.4, -0.2) is 47.8 Å². The number of ether oxygens (including phenoxy) is 1. The number of morpholine rings is 1. The van der Waals surface area contributed by atoms with Gasteiger partial charge in [0.05, 0.1) is 17.6 Å². The molecule has 96 valence electrons. The van der Waals surface area contributed by atoms with Crippen molar-refractivity contribution in [3.8, 4) is 0 Å². The first-order valence-electron chi connectivity index (χ1n) is 6.79. The van der Waals surface area contributed by atoms with Crippen molar-refractivity contribution in [2.75, 3.05) is 19.6 Å². The highest BCUT2D eigenvalue weighted by atomic mass is 16.5. The summed E-state index contributed by atoms with van der Waals surface area (Å²) in [5.41, 5.74) is -0.462. The summed E-state index contributed by atoms with van der Waals surface area (Å²) in [6.07, 6.45) is 6.89. The third-order valence-electron chi connectivity index (χ3n) is 4.66. The molecule has 1 saturated carbocycles. The molecule has 2 aliphatic heterocycles. The van der Waals surface area contributed by atoms with Crippen LogP contribution in [0, 0.1) is 5.41 Å². The first-order chi connectivity index (χ1) is 8.18. The van der Waals surface area contributed by atoms with Crippen molar-refractivity contribution in [2.24, 2.45) is 5.41 Å². The second-order valence-electron chi connectivity index (χ2n) is 5.94. The van der Waals surface area contributed by atoms with E-state index >= 15 is 0 Å². The molecule has 3 rings (SSSR count). The van der Waals surface area contributed by atoms with Crippen molar-refractivity contribution in [2.45, 2.75) is 50.7 Å². The molecule has 2 atom stereocenters. The van der Waals surface area contributed by atoms with E-state index < -0.39 is 11.4 Å². The lowest BCUT2D eigenvalue weighted by molar-refractivity contribution is -0.151.